The van der Waals surface area contributed by atoms with Gasteiger partial charge < -0.3 is 14.8 Å². The molecule has 2 rings (SSSR count). The van der Waals surface area contributed by atoms with Crippen molar-refractivity contribution in [3.63, 3.8) is 0 Å². The number of nitrogens with zero attached hydrogens (tertiary/aromatic N) is 3. The molecule has 1 fully saturated rings. The maximum absolute atomic E-state index is 12.5. The Balaban J connectivity index is 1.99. The smallest absolute Gasteiger partial charge is 0.227 e. The minimum Gasteiger partial charge on any atom is -0.337 e. The van der Waals surface area contributed by atoms with Gasteiger partial charge in [0.25, 0.3) is 0 Å². The fraction of sp³-hybridized carbons (Fsp3) is 0.714. The maximum Gasteiger partial charge on any atom is 0.227 e. The first-order valence-electron chi connectivity index (χ1n) is 7.10. The van der Waals surface area contributed by atoms with Gasteiger partial charge in [-0.3, -0.25) is 4.79 Å². The van der Waals surface area contributed by atoms with Crippen LogP contribution in [0.25, 0.3) is 0 Å². The van der Waals surface area contributed by atoms with Crippen LogP contribution in [0, 0.1) is 5.92 Å². The quantitative estimate of drug-likeness (QED) is 0.804. The largest absolute Gasteiger partial charge is 0.337 e. The zero-order chi connectivity index (χ0) is 13.8. The van der Waals surface area contributed by atoms with Crippen LogP contribution in [0.15, 0.2) is 12.4 Å². The van der Waals surface area contributed by atoms with E-state index >= 15 is 0 Å². The van der Waals surface area contributed by atoms with Crippen LogP contribution in [0.1, 0.15) is 32.5 Å². The lowest BCUT2D eigenvalue weighted by atomic mass is 10.1. The van der Waals surface area contributed by atoms with Gasteiger partial charge in [-0.05, 0) is 19.4 Å². The van der Waals surface area contributed by atoms with Crippen molar-refractivity contribution < 1.29 is 4.79 Å². The molecule has 0 saturated heterocycles. The highest BCUT2D eigenvalue weighted by Crippen LogP contribution is 2.29. The molecule has 0 radical (unpaired) electrons. The second-order valence-corrected chi connectivity index (χ2v) is 5.36. The van der Waals surface area contributed by atoms with Gasteiger partial charge in [0.2, 0.25) is 5.91 Å². The van der Waals surface area contributed by atoms with Gasteiger partial charge in [0.05, 0.1) is 6.54 Å². The molecule has 0 aliphatic heterocycles. The highest BCUT2D eigenvalue weighted by molar-refractivity contribution is 5.79. The molecule has 1 heterocycles. The lowest BCUT2D eigenvalue weighted by Crippen LogP contribution is -2.40. The van der Waals surface area contributed by atoms with Gasteiger partial charge in [-0.2, -0.15) is 0 Å². The number of imidazole rings is 1. The van der Waals surface area contributed by atoms with Crippen LogP contribution >= 0.6 is 0 Å². The number of carbonyl (C=O) groups is 1. The zero-order valence-electron chi connectivity index (χ0n) is 12.1. The first-order valence-corrected chi connectivity index (χ1v) is 7.10. The number of carbonyl (C=O) groups excluding carboxylic acids is 1. The molecule has 106 valence electrons. The van der Waals surface area contributed by atoms with E-state index in [2.05, 4.69) is 17.2 Å². The van der Waals surface area contributed by atoms with Crippen LogP contribution in [-0.2, 0) is 18.4 Å². The first kappa shape index (κ1) is 14.1. The van der Waals surface area contributed by atoms with E-state index in [4.69, 9.17) is 0 Å². The van der Waals surface area contributed by atoms with E-state index in [1.54, 1.807) is 6.20 Å². The van der Waals surface area contributed by atoms with E-state index in [0.29, 0.717) is 12.6 Å². The minimum atomic E-state index is 0.0285. The van der Waals surface area contributed by atoms with Crippen molar-refractivity contribution in [3.8, 4) is 0 Å². The van der Waals surface area contributed by atoms with Crippen molar-refractivity contribution in [1.29, 1.82) is 0 Å². The predicted molar refractivity (Wildman–Crippen MR) is 74.5 cm³/mol. The highest BCUT2D eigenvalue weighted by atomic mass is 16.2. The Kier molecular flexibility index (Phi) is 4.58. The molecular formula is C14H24N4O. The number of amides is 1. The van der Waals surface area contributed by atoms with Crippen LogP contribution in [0.5, 0.6) is 0 Å². The standard InChI is InChI=1S/C14H24N4O/c1-4-15-9-11(2)14(19)18(12-5-6-12)10-13-16-7-8-17(13)3/h7-8,11-12,15H,4-6,9-10H2,1-3H3. The van der Waals surface area contributed by atoms with Crippen molar-refractivity contribution in [2.75, 3.05) is 13.1 Å². The normalized spacial score (nSPS) is 16.4. The van der Waals surface area contributed by atoms with Crippen molar-refractivity contribution in [1.82, 2.24) is 19.8 Å². The fourth-order valence-corrected chi connectivity index (χ4v) is 2.21. The Bertz CT molecular complexity index is 425. The van der Waals surface area contributed by atoms with Gasteiger partial charge in [-0.25, -0.2) is 4.98 Å². The minimum absolute atomic E-state index is 0.0285. The molecule has 1 aliphatic carbocycles. The topological polar surface area (TPSA) is 50.2 Å². The molecular weight excluding hydrogens is 240 g/mol. The van der Waals surface area contributed by atoms with Crippen LogP contribution in [0.4, 0.5) is 0 Å². The number of rotatable bonds is 7. The molecule has 0 spiro atoms. The summed E-state index contributed by atoms with van der Waals surface area (Å²) in [4.78, 5) is 18.8. The van der Waals surface area contributed by atoms with Crippen molar-refractivity contribution in [2.45, 2.75) is 39.3 Å². The number of aromatic nitrogens is 2. The third-order valence-corrected chi connectivity index (χ3v) is 3.63. The van der Waals surface area contributed by atoms with E-state index in [-0.39, 0.29) is 11.8 Å². The summed E-state index contributed by atoms with van der Waals surface area (Å²) in [5, 5.41) is 3.25. The molecule has 1 saturated carbocycles. The SMILES string of the molecule is CCNCC(C)C(=O)N(Cc1nccn1C)C1CC1. The lowest BCUT2D eigenvalue weighted by molar-refractivity contribution is -0.136. The first-order chi connectivity index (χ1) is 9.13. The lowest BCUT2D eigenvalue weighted by Gasteiger charge is -2.25. The Hall–Kier alpha value is -1.36. The van der Waals surface area contributed by atoms with Gasteiger partial charge in [0.1, 0.15) is 5.82 Å². The Morgan fingerprint density at radius 1 is 1.63 bits per heavy atom. The zero-order valence-corrected chi connectivity index (χ0v) is 12.1. The maximum atomic E-state index is 12.5. The van der Waals surface area contributed by atoms with Crippen LogP contribution in [0.2, 0.25) is 0 Å². The van der Waals surface area contributed by atoms with Crippen molar-refractivity contribution in [3.05, 3.63) is 18.2 Å². The number of nitrogens with one attached hydrogen (secondary N) is 1. The second kappa shape index (κ2) is 6.19. The average molecular weight is 264 g/mol. The monoisotopic (exact) mass is 264 g/mol. The molecule has 1 N–H and O–H groups in total. The number of hydrogen-bond donors (Lipinski definition) is 1. The summed E-state index contributed by atoms with van der Waals surface area (Å²) in [6.45, 7) is 6.34. The predicted octanol–water partition coefficient (Wildman–Crippen LogP) is 1.16. The highest BCUT2D eigenvalue weighted by Gasteiger charge is 2.34. The Morgan fingerprint density at radius 3 is 2.89 bits per heavy atom. The van der Waals surface area contributed by atoms with Gasteiger partial charge >= 0.3 is 0 Å². The summed E-state index contributed by atoms with van der Waals surface area (Å²) in [5.74, 6) is 1.23. The molecule has 19 heavy (non-hydrogen) atoms. The number of hydrogen-bond acceptors (Lipinski definition) is 3. The molecule has 1 aliphatic rings. The van der Waals surface area contributed by atoms with Gasteiger partial charge in [-0.15, -0.1) is 0 Å². The van der Waals surface area contributed by atoms with Crippen molar-refractivity contribution in [2.24, 2.45) is 13.0 Å². The van der Waals surface area contributed by atoms with E-state index in [0.717, 1.165) is 31.8 Å². The summed E-state index contributed by atoms with van der Waals surface area (Å²) in [6, 6.07) is 0.424. The molecule has 1 unspecified atom stereocenters. The third-order valence-electron chi connectivity index (χ3n) is 3.63. The summed E-state index contributed by atoms with van der Waals surface area (Å²) in [6.07, 6.45) is 5.97. The molecule has 1 aromatic heterocycles. The summed E-state index contributed by atoms with van der Waals surface area (Å²) in [7, 11) is 1.97. The Morgan fingerprint density at radius 2 is 2.37 bits per heavy atom. The van der Waals surface area contributed by atoms with Crippen LogP contribution in [-0.4, -0.2) is 39.5 Å². The van der Waals surface area contributed by atoms with Gasteiger partial charge in [0.15, 0.2) is 0 Å². The molecule has 1 amide bonds. The summed E-state index contributed by atoms with van der Waals surface area (Å²) >= 11 is 0. The molecule has 0 bridgehead atoms. The third kappa shape index (κ3) is 3.56. The molecule has 5 nitrogen and oxygen atoms in total. The van der Waals surface area contributed by atoms with E-state index in [9.17, 15) is 4.79 Å². The fourth-order valence-electron chi connectivity index (χ4n) is 2.21. The van der Waals surface area contributed by atoms with E-state index < -0.39 is 0 Å². The van der Waals surface area contributed by atoms with Crippen molar-refractivity contribution >= 4 is 5.91 Å². The molecule has 5 heteroatoms. The average Bonchev–Trinajstić information content (AvgIpc) is 3.16. The molecule has 1 atom stereocenters. The molecule has 0 aromatic carbocycles. The van der Waals surface area contributed by atoms with Crippen LogP contribution in [0.3, 0.4) is 0 Å². The van der Waals surface area contributed by atoms with Crippen LogP contribution < -0.4 is 5.32 Å². The second-order valence-electron chi connectivity index (χ2n) is 5.36. The summed E-state index contributed by atoms with van der Waals surface area (Å²) in [5.41, 5.74) is 0. The summed E-state index contributed by atoms with van der Waals surface area (Å²) < 4.78 is 1.98. The number of aryl methyl sites for hydroxylation is 1. The van der Waals surface area contributed by atoms with E-state index in [1.165, 1.54) is 0 Å². The molecule has 1 aromatic rings. The Labute approximate surface area is 115 Å². The van der Waals surface area contributed by atoms with E-state index in [1.807, 2.05) is 29.6 Å². The van der Waals surface area contributed by atoms with Gasteiger partial charge in [0, 0.05) is 37.9 Å². The van der Waals surface area contributed by atoms with Gasteiger partial charge in [-0.1, -0.05) is 13.8 Å².